The van der Waals surface area contributed by atoms with Crippen LogP contribution in [0.5, 0.6) is 17.2 Å². The maximum atomic E-state index is 11.7. The molecule has 0 heterocycles. The fourth-order valence-corrected chi connectivity index (χ4v) is 2.58. The molecule has 1 atom stereocenters. The molecular formula is C18H20O5. The molecule has 0 saturated carbocycles. The second-order valence-corrected chi connectivity index (χ2v) is 5.32. The van der Waals surface area contributed by atoms with Gasteiger partial charge in [-0.2, -0.15) is 0 Å². The van der Waals surface area contributed by atoms with Crippen LogP contribution in [0.15, 0.2) is 36.4 Å². The molecule has 0 saturated heterocycles. The van der Waals surface area contributed by atoms with Crippen molar-refractivity contribution in [3.63, 3.8) is 0 Å². The van der Waals surface area contributed by atoms with Crippen molar-refractivity contribution >= 4 is 5.97 Å². The summed E-state index contributed by atoms with van der Waals surface area (Å²) >= 11 is 0. The molecule has 0 aromatic heterocycles. The van der Waals surface area contributed by atoms with Gasteiger partial charge in [-0.15, -0.1) is 0 Å². The van der Waals surface area contributed by atoms with Crippen LogP contribution in [-0.4, -0.2) is 30.4 Å². The molecule has 0 aliphatic carbocycles. The fourth-order valence-electron chi connectivity index (χ4n) is 2.58. The predicted molar refractivity (Wildman–Crippen MR) is 86.5 cm³/mol. The molecule has 122 valence electrons. The van der Waals surface area contributed by atoms with Gasteiger partial charge in [0.25, 0.3) is 0 Å². The Bertz CT molecular complexity index is 709. The Kier molecular flexibility index (Phi) is 5.11. The summed E-state index contributed by atoms with van der Waals surface area (Å²) in [7, 11) is 3.03. The third-order valence-electron chi connectivity index (χ3n) is 3.83. The van der Waals surface area contributed by atoms with Gasteiger partial charge in [0.15, 0.2) is 11.5 Å². The van der Waals surface area contributed by atoms with E-state index in [1.54, 1.807) is 31.4 Å². The Hall–Kier alpha value is -2.69. The molecule has 0 amide bonds. The molecule has 0 bridgehead atoms. The van der Waals surface area contributed by atoms with Crippen LogP contribution < -0.4 is 9.47 Å². The number of rotatable bonds is 6. The third-order valence-corrected chi connectivity index (χ3v) is 3.83. The van der Waals surface area contributed by atoms with Crippen LogP contribution in [0.1, 0.15) is 22.6 Å². The van der Waals surface area contributed by atoms with Crippen molar-refractivity contribution in [1.29, 1.82) is 0 Å². The molecule has 1 unspecified atom stereocenters. The number of aryl methyl sites for hydroxylation is 1. The van der Waals surface area contributed by atoms with Crippen molar-refractivity contribution in [2.75, 3.05) is 14.2 Å². The van der Waals surface area contributed by atoms with Gasteiger partial charge < -0.3 is 19.7 Å². The highest BCUT2D eigenvalue weighted by Gasteiger charge is 2.23. The van der Waals surface area contributed by atoms with Gasteiger partial charge in [0, 0.05) is 0 Å². The van der Waals surface area contributed by atoms with Crippen LogP contribution in [0, 0.1) is 6.92 Å². The number of aromatic hydroxyl groups is 1. The van der Waals surface area contributed by atoms with Crippen LogP contribution in [0.4, 0.5) is 0 Å². The van der Waals surface area contributed by atoms with E-state index < -0.39 is 11.9 Å². The average molecular weight is 316 g/mol. The average Bonchev–Trinajstić information content (AvgIpc) is 2.54. The van der Waals surface area contributed by atoms with E-state index in [1.807, 2.05) is 13.0 Å². The van der Waals surface area contributed by atoms with Crippen molar-refractivity contribution in [2.45, 2.75) is 19.3 Å². The van der Waals surface area contributed by atoms with Crippen molar-refractivity contribution in [3.8, 4) is 17.2 Å². The maximum Gasteiger partial charge on any atom is 0.311 e. The highest BCUT2D eigenvalue weighted by molar-refractivity contribution is 5.77. The lowest BCUT2D eigenvalue weighted by Gasteiger charge is -2.17. The second kappa shape index (κ2) is 7.05. The molecule has 2 N–H and O–H groups in total. The van der Waals surface area contributed by atoms with Gasteiger partial charge in [0.2, 0.25) is 0 Å². The van der Waals surface area contributed by atoms with Crippen molar-refractivity contribution in [3.05, 3.63) is 53.1 Å². The number of carboxylic acid groups (broad SMARTS) is 1. The van der Waals surface area contributed by atoms with E-state index in [-0.39, 0.29) is 5.75 Å². The second-order valence-electron chi connectivity index (χ2n) is 5.32. The summed E-state index contributed by atoms with van der Waals surface area (Å²) in [6, 6.07) is 10.2. The minimum absolute atomic E-state index is 0.0313. The number of methoxy groups -OCH3 is 2. The Balaban J connectivity index is 2.34. The Labute approximate surface area is 135 Å². The highest BCUT2D eigenvalue weighted by Crippen LogP contribution is 2.31. The number of aliphatic carboxylic acids is 1. The zero-order valence-corrected chi connectivity index (χ0v) is 13.4. The monoisotopic (exact) mass is 316 g/mol. The van der Waals surface area contributed by atoms with Gasteiger partial charge >= 0.3 is 5.97 Å². The number of ether oxygens (including phenoxy) is 2. The topological polar surface area (TPSA) is 76.0 Å². The Morgan fingerprint density at radius 2 is 1.87 bits per heavy atom. The number of hydrogen-bond acceptors (Lipinski definition) is 4. The molecule has 5 heteroatoms. The lowest BCUT2D eigenvalue weighted by atomic mass is 9.89. The molecule has 2 rings (SSSR count). The Morgan fingerprint density at radius 3 is 2.43 bits per heavy atom. The van der Waals surface area contributed by atoms with E-state index in [4.69, 9.17) is 9.47 Å². The summed E-state index contributed by atoms with van der Waals surface area (Å²) < 4.78 is 10.2. The standard InChI is InChI=1S/C18H20O5/c1-11-8-13(22-2)5-6-14(11)15(18(20)21)9-12-4-7-16(19)17(10-12)23-3/h4-8,10,15,19H,9H2,1-3H3,(H,20,21). The molecule has 23 heavy (non-hydrogen) atoms. The minimum atomic E-state index is -0.898. The lowest BCUT2D eigenvalue weighted by molar-refractivity contribution is -0.138. The number of carboxylic acids is 1. The molecule has 0 spiro atoms. The Morgan fingerprint density at radius 1 is 1.13 bits per heavy atom. The summed E-state index contributed by atoms with van der Waals surface area (Å²) in [5.74, 6) is -0.524. The van der Waals surface area contributed by atoms with Gasteiger partial charge in [0.1, 0.15) is 5.75 Å². The molecule has 2 aromatic carbocycles. The van der Waals surface area contributed by atoms with Crippen LogP contribution in [-0.2, 0) is 11.2 Å². The molecule has 5 nitrogen and oxygen atoms in total. The fraction of sp³-hybridized carbons (Fsp3) is 0.278. The quantitative estimate of drug-likeness (QED) is 0.856. The van der Waals surface area contributed by atoms with Gasteiger partial charge in [-0.3, -0.25) is 4.79 Å². The number of carbonyl (C=O) groups is 1. The summed E-state index contributed by atoms with van der Waals surface area (Å²) in [4.78, 5) is 11.7. The highest BCUT2D eigenvalue weighted by atomic mass is 16.5. The lowest BCUT2D eigenvalue weighted by Crippen LogP contribution is -2.15. The van der Waals surface area contributed by atoms with Gasteiger partial charge in [-0.1, -0.05) is 12.1 Å². The number of benzene rings is 2. The normalized spacial score (nSPS) is 11.8. The van der Waals surface area contributed by atoms with Gasteiger partial charge in [0.05, 0.1) is 20.1 Å². The summed E-state index contributed by atoms with van der Waals surface area (Å²) in [6.45, 7) is 1.87. The molecule has 2 aromatic rings. The number of phenols is 1. The van der Waals surface area contributed by atoms with E-state index in [2.05, 4.69) is 0 Å². The minimum Gasteiger partial charge on any atom is -0.504 e. The first kappa shape index (κ1) is 16.7. The third kappa shape index (κ3) is 3.74. The van der Waals surface area contributed by atoms with Crippen molar-refractivity contribution in [1.82, 2.24) is 0 Å². The maximum absolute atomic E-state index is 11.7. The SMILES string of the molecule is COc1ccc(C(Cc2ccc(O)c(OC)c2)C(=O)O)c(C)c1. The van der Waals surface area contributed by atoms with Crippen molar-refractivity contribution in [2.24, 2.45) is 0 Å². The van der Waals surface area contributed by atoms with Gasteiger partial charge in [-0.05, 0) is 54.3 Å². The van der Waals surface area contributed by atoms with Gasteiger partial charge in [-0.25, -0.2) is 0 Å². The van der Waals surface area contributed by atoms with Crippen LogP contribution in [0.3, 0.4) is 0 Å². The first-order chi connectivity index (χ1) is 11.0. The smallest absolute Gasteiger partial charge is 0.311 e. The van der Waals surface area contributed by atoms with E-state index >= 15 is 0 Å². The summed E-state index contributed by atoms with van der Waals surface area (Å²) in [5.41, 5.74) is 2.38. The first-order valence-corrected chi connectivity index (χ1v) is 7.19. The predicted octanol–water partition coefficient (Wildman–Crippen LogP) is 3.13. The zero-order chi connectivity index (χ0) is 17.0. The van der Waals surface area contributed by atoms with Crippen molar-refractivity contribution < 1.29 is 24.5 Å². The first-order valence-electron chi connectivity index (χ1n) is 7.19. The molecule has 0 aliphatic rings. The van der Waals surface area contributed by atoms with E-state index in [0.717, 1.165) is 16.7 Å². The summed E-state index contributed by atoms with van der Waals surface area (Å²) in [6.07, 6.45) is 0.305. The van der Waals surface area contributed by atoms with E-state index in [1.165, 1.54) is 13.2 Å². The van der Waals surface area contributed by atoms with Crippen LogP contribution in [0.25, 0.3) is 0 Å². The van der Waals surface area contributed by atoms with E-state index in [9.17, 15) is 15.0 Å². The largest absolute Gasteiger partial charge is 0.504 e. The molecule has 0 radical (unpaired) electrons. The molecular weight excluding hydrogens is 296 g/mol. The molecule has 0 aliphatic heterocycles. The summed E-state index contributed by atoms with van der Waals surface area (Å²) in [5, 5.41) is 19.3. The van der Waals surface area contributed by atoms with Crippen LogP contribution in [0.2, 0.25) is 0 Å². The van der Waals surface area contributed by atoms with Crippen LogP contribution >= 0.6 is 0 Å². The number of hydrogen-bond donors (Lipinski definition) is 2. The zero-order valence-electron chi connectivity index (χ0n) is 13.4. The number of phenolic OH excluding ortho intramolecular Hbond substituents is 1. The van der Waals surface area contributed by atoms with E-state index in [0.29, 0.717) is 17.9 Å². The molecule has 0 fully saturated rings.